The van der Waals surface area contributed by atoms with E-state index in [-0.39, 0.29) is 24.0 Å². The van der Waals surface area contributed by atoms with Gasteiger partial charge in [-0.1, -0.05) is 35.0 Å². The van der Waals surface area contributed by atoms with Crippen molar-refractivity contribution in [1.29, 1.82) is 0 Å². The summed E-state index contributed by atoms with van der Waals surface area (Å²) in [6.45, 7) is 4.81. The molecule has 0 bridgehead atoms. The van der Waals surface area contributed by atoms with Crippen molar-refractivity contribution in [1.82, 2.24) is 5.32 Å². The standard InChI is InChI=1S/C12H18BrN3.HI/c1-3-9(2)16-12(14)15-8-10-4-6-11(13)7-5-10;/h4-7,9H,3,8H2,1-2H3,(H3,14,15,16);1H. The van der Waals surface area contributed by atoms with Gasteiger partial charge in [-0.25, -0.2) is 4.99 Å². The smallest absolute Gasteiger partial charge is 0.189 e. The number of rotatable bonds is 4. The van der Waals surface area contributed by atoms with Gasteiger partial charge in [0.25, 0.3) is 0 Å². The van der Waals surface area contributed by atoms with Crippen molar-refractivity contribution in [3.05, 3.63) is 34.3 Å². The summed E-state index contributed by atoms with van der Waals surface area (Å²) in [4.78, 5) is 4.28. The summed E-state index contributed by atoms with van der Waals surface area (Å²) in [6, 6.07) is 8.44. The highest BCUT2D eigenvalue weighted by Gasteiger charge is 1.98. The molecule has 0 saturated heterocycles. The SMILES string of the molecule is CCC(C)NC(N)=NCc1ccc(Br)cc1.I. The summed E-state index contributed by atoms with van der Waals surface area (Å²) in [7, 11) is 0. The monoisotopic (exact) mass is 411 g/mol. The van der Waals surface area contributed by atoms with Crippen molar-refractivity contribution < 1.29 is 0 Å². The zero-order valence-corrected chi connectivity index (χ0v) is 14.0. The maximum absolute atomic E-state index is 5.76. The number of guanidine groups is 1. The van der Waals surface area contributed by atoms with Gasteiger partial charge in [0.15, 0.2) is 5.96 Å². The first-order valence-corrected chi connectivity index (χ1v) is 6.22. The molecule has 17 heavy (non-hydrogen) atoms. The Morgan fingerprint density at radius 2 is 2.00 bits per heavy atom. The Hall–Kier alpha value is -0.300. The second-order valence-corrected chi connectivity index (χ2v) is 4.70. The molecule has 0 heterocycles. The van der Waals surface area contributed by atoms with Crippen molar-refractivity contribution in [2.45, 2.75) is 32.9 Å². The van der Waals surface area contributed by atoms with Crippen LogP contribution in [-0.2, 0) is 6.54 Å². The predicted molar refractivity (Wildman–Crippen MR) is 87.8 cm³/mol. The van der Waals surface area contributed by atoms with Gasteiger partial charge in [0.1, 0.15) is 0 Å². The molecule has 3 nitrogen and oxygen atoms in total. The summed E-state index contributed by atoms with van der Waals surface area (Å²) < 4.78 is 1.07. The Kier molecular flexibility index (Phi) is 8.59. The van der Waals surface area contributed by atoms with Crippen molar-refractivity contribution in [2.24, 2.45) is 10.7 Å². The summed E-state index contributed by atoms with van der Waals surface area (Å²) >= 11 is 3.39. The highest BCUT2D eigenvalue weighted by Crippen LogP contribution is 2.10. The van der Waals surface area contributed by atoms with E-state index in [1.807, 2.05) is 24.3 Å². The second-order valence-electron chi connectivity index (χ2n) is 3.78. The Labute approximate surface area is 128 Å². The van der Waals surface area contributed by atoms with E-state index < -0.39 is 0 Å². The quantitative estimate of drug-likeness (QED) is 0.453. The Morgan fingerprint density at radius 3 is 2.53 bits per heavy atom. The molecule has 1 rings (SSSR count). The maximum atomic E-state index is 5.76. The third kappa shape index (κ3) is 6.88. The van der Waals surface area contributed by atoms with E-state index >= 15 is 0 Å². The van der Waals surface area contributed by atoms with Crippen LogP contribution in [0.1, 0.15) is 25.8 Å². The second kappa shape index (κ2) is 8.74. The van der Waals surface area contributed by atoms with Gasteiger partial charge in [-0.3, -0.25) is 0 Å². The third-order valence-corrected chi connectivity index (χ3v) is 2.88. The summed E-state index contributed by atoms with van der Waals surface area (Å²) in [5.41, 5.74) is 6.91. The number of nitrogens with one attached hydrogen (secondary N) is 1. The number of nitrogens with two attached hydrogens (primary N) is 1. The number of hydrogen-bond acceptors (Lipinski definition) is 1. The van der Waals surface area contributed by atoms with E-state index in [1.165, 1.54) is 0 Å². The highest BCUT2D eigenvalue weighted by atomic mass is 127. The third-order valence-electron chi connectivity index (χ3n) is 2.35. The Balaban J connectivity index is 0.00000256. The molecule has 1 aromatic carbocycles. The number of halogens is 2. The fourth-order valence-electron chi connectivity index (χ4n) is 1.17. The highest BCUT2D eigenvalue weighted by molar-refractivity contribution is 14.0. The van der Waals surface area contributed by atoms with Gasteiger partial charge in [0.2, 0.25) is 0 Å². The van der Waals surface area contributed by atoms with Crippen molar-refractivity contribution >= 4 is 45.9 Å². The van der Waals surface area contributed by atoms with Gasteiger partial charge in [0.05, 0.1) is 6.54 Å². The molecule has 0 aliphatic carbocycles. The number of nitrogens with zero attached hydrogens (tertiary/aromatic N) is 1. The van der Waals surface area contributed by atoms with Crippen LogP contribution in [0.3, 0.4) is 0 Å². The van der Waals surface area contributed by atoms with E-state index in [9.17, 15) is 0 Å². The van der Waals surface area contributed by atoms with Gasteiger partial charge in [-0.05, 0) is 31.0 Å². The predicted octanol–water partition coefficient (Wildman–Crippen LogP) is 3.27. The molecule has 1 unspecified atom stereocenters. The average molecular weight is 412 g/mol. The fourth-order valence-corrected chi connectivity index (χ4v) is 1.43. The molecule has 0 spiro atoms. The van der Waals surface area contributed by atoms with Crippen LogP contribution in [0.25, 0.3) is 0 Å². The lowest BCUT2D eigenvalue weighted by molar-refractivity contribution is 0.636. The fraction of sp³-hybridized carbons (Fsp3) is 0.417. The summed E-state index contributed by atoms with van der Waals surface area (Å²) in [5.74, 6) is 0.511. The van der Waals surface area contributed by atoms with Gasteiger partial charge in [-0.15, -0.1) is 24.0 Å². The van der Waals surface area contributed by atoms with Crippen molar-refractivity contribution in [3.63, 3.8) is 0 Å². The Bertz CT molecular complexity index is 351. The molecule has 0 aromatic heterocycles. The van der Waals surface area contributed by atoms with Crippen LogP contribution in [-0.4, -0.2) is 12.0 Å². The van der Waals surface area contributed by atoms with Crippen LogP contribution in [0.5, 0.6) is 0 Å². The van der Waals surface area contributed by atoms with E-state index in [0.717, 1.165) is 16.5 Å². The molecule has 0 saturated carbocycles. The molecule has 1 aromatic rings. The summed E-state index contributed by atoms with van der Waals surface area (Å²) in [6.07, 6.45) is 1.04. The van der Waals surface area contributed by atoms with Crippen molar-refractivity contribution in [3.8, 4) is 0 Å². The first-order chi connectivity index (χ1) is 7.61. The maximum Gasteiger partial charge on any atom is 0.189 e. The molecule has 0 radical (unpaired) electrons. The first-order valence-electron chi connectivity index (χ1n) is 5.42. The molecular formula is C12H19BrIN3. The minimum atomic E-state index is 0. The number of benzene rings is 1. The first kappa shape index (κ1) is 16.7. The molecule has 0 aliphatic rings. The number of aliphatic imine (C=N–C) groups is 1. The molecular weight excluding hydrogens is 393 g/mol. The molecule has 0 aliphatic heterocycles. The topological polar surface area (TPSA) is 50.4 Å². The summed E-state index contributed by atoms with van der Waals surface area (Å²) in [5, 5.41) is 3.13. The lowest BCUT2D eigenvalue weighted by Crippen LogP contribution is -2.38. The van der Waals surface area contributed by atoms with Crippen LogP contribution in [0.2, 0.25) is 0 Å². The zero-order valence-electron chi connectivity index (χ0n) is 10.1. The molecule has 0 fully saturated rings. The lowest BCUT2D eigenvalue weighted by Gasteiger charge is -2.11. The van der Waals surface area contributed by atoms with Crippen molar-refractivity contribution in [2.75, 3.05) is 0 Å². The van der Waals surface area contributed by atoms with Gasteiger partial charge in [-0.2, -0.15) is 0 Å². The molecule has 3 N–H and O–H groups in total. The van der Waals surface area contributed by atoms with E-state index in [0.29, 0.717) is 18.5 Å². The Morgan fingerprint density at radius 1 is 1.41 bits per heavy atom. The zero-order chi connectivity index (χ0) is 12.0. The van der Waals surface area contributed by atoms with Crippen LogP contribution in [0.15, 0.2) is 33.7 Å². The van der Waals surface area contributed by atoms with Crippen LogP contribution < -0.4 is 11.1 Å². The van der Waals surface area contributed by atoms with Crippen LogP contribution in [0.4, 0.5) is 0 Å². The van der Waals surface area contributed by atoms with E-state index in [2.05, 4.69) is 40.1 Å². The van der Waals surface area contributed by atoms with E-state index in [4.69, 9.17) is 5.73 Å². The van der Waals surface area contributed by atoms with Gasteiger partial charge < -0.3 is 11.1 Å². The molecule has 1 atom stereocenters. The van der Waals surface area contributed by atoms with Gasteiger partial charge in [0, 0.05) is 10.5 Å². The van der Waals surface area contributed by atoms with Crippen LogP contribution >= 0.6 is 39.9 Å². The lowest BCUT2D eigenvalue weighted by atomic mass is 10.2. The minimum Gasteiger partial charge on any atom is -0.370 e. The molecule has 0 amide bonds. The average Bonchev–Trinajstić information content (AvgIpc) is 2.28. The molecule has 96 valence electrons. The van der Waals surface area contributed by atoms with Crippen LogP contribution in [0, 0.1) is 0 Å². The van der Waals surface area contributed by atoms with Gasteiger partial charge >= 0.3 is 0 Å². The number of hydrogen-bond donors (Lipinski definition) is 2. The largest absolute Gasteiger partial charge is 0.370 e. The molecule has 5 heteroatoms. The van der Waals surface area contributed by atoms with E-state index in [1.54, 1.807) is 0 Å². The normalized spacial score (nSPS) is 12.8. The minimum absolute atomic E-state index is 0.